The zero-order valence-corrected chi connectivity index (χ0v) is 12.6. The lowest BCUT2D eigenvalue weighted by Crippen LogP contribution is -2.22. The fraction of sp³-hybridized carbons (Fsp3) is 0.231. The standard InChI is InChI=1S/C13H10F3N5OS/c1-7-2-4-8(5-3-7)10(22)17-6-9-20-21-11(13(14,15)16)18-19-12(21)23-9/h2-5H,6H2,1H3,(H,17,22). The van der Waals surface area contributed by atoms with Crippen LogP contribution in [0.25, 0.3) is 4.96 Å². The number of rotatable bonds is 3. The van der Waals surface area contributed by atoms with Crippen LogP contribution in [0.3, 0.4) is 0 Å². The lowest BCUT2D eigenvalue weighted by molar-refractivity contribution is -0.146. The molecule has 2 aromatic heterocycles. The minimum atomic E-state index is -4.63. The predicted molar refractivity (Wildman–Crippen MR) is 76.0 cm³/mol. The Hall–Kier alpha value is -2.49. The van der Waals surface area contributed by atoms with Crippen LogP contribution in [0.1, 0.15) is 26.8 Å². The first-order valence-corrected chi connectivity index (χ1v) is 7.29. The smallest absolute Gasteiger partial charge is 0.345 e. The van der Waals surface area contributed by atoms with Crippen molar-refractivity contribution in [3.05, 3.63) is 46.2 Å². The van der Waals surface area contributed by atoms with Crippen LogP contribution >= 0.6 is 11.3 Å². The highest BCUT2D eigenvalue weighted by molar-refractivity contribution is 7.16. The summed E-state index contributed by atoms with van der Waals surface area (Å²) in [4.78, 5) is 12.0. The van der Waals surface area contributed by atoms with Gasteiger partial charge in [0.25, 0.3) is 11.7 Å². The zero-order valence-electron chi connectivity index (χ0n) is 11.8. The first kappa shape index (κ1) is 15.4. The molecule has 2 heterocycles. The topological polar surface area (TPSA) is 72.2 Å². The average molecular weight is 341 g/mol. The highest BCUT2D eigenvalue weighted by atomic mass is 32.1. The van der Waals surface area contributed by atoms with Crippen LogP contribution in [0.4, 0.5) is 13.2 Å². The number of nitrogens with zero attached hydrogens (tertiary/aromatic N) is 4. The van der Waals surface area contributed by atoms with E-state index < -0.39 is 12.0 Å². The number of hydrogen-bond acceptors (Lipinski definition) is 5. The number of fused-ring (bicyclic) bond motifs is 1. The number of benzene rings is 1. The number of hydrogen-bond donors (Lipinski definition) is 1. The summed E-state index contributed by atoms with van der Waals surface area (Å²) in [6.07, 6.45) is -4.63. The highest BCUT2D eigenvalue weighted by Crippen LogP contribution is 2.28. The van der Waals surface area contributed by atoms with Gasteiger partial charge in [0.15, 0.2) is 0 Å². The molecule has 0 aliphatic carbocycles. The van der Waals surface area contributed by atoms with Crippen molar-refractivity contribution < 1.29 is 18.0 Å². The highest BCUT2D eigenvalue weighted by Gasteiger charge is 2.38. The molecular weight excluding hydrogens is 331 g/mol. The fourth-order valence-electron chi connectivity index (χ4n) is 1.87. The van der Waals surface area contributed by atoms with Crippen LogP contribution in [0.5, 0.6) is 0 Å². The van der Waals surface area contributed by atoms with Crippen molar-refractivity contribution in [1.82, 2.24) is 25.1 Å². The zero-order chi connectivity index (χ0) is 16.6. The van der Waals surface area contributed by atoms with Gasteiger partial charge in [-0.1, -0.05) is 29.0 Å². The third kappa shape index (κ3) is 3.16. The maximum Gasteiger partial charge on any atom is 0.453 e. The minimum absolute atomic E-state index is 0.0119. The second-order valence-electron chi connectivity index (χ2n) is 4.76. The monoisotopic (exact) mass is 341 g/mol. The number of aryl methyl sites for hydroxylation is 1. The second kappa shape index (κ2) is 5.61. The van der Waals surface area contributed by atoms with Gasteiger partial charge in [-0.15, -0.1) is 10.2 Å². The number of carbonyl (C=O) groups is 1. The summed E-state index contributed by atoms with van der Waals surface area (Å²) in [5.74, 6) is -1.51. The van der Waals surface area contributed by atoms with Crippen molar-refractivity contribution in [2.75, 3.05) is 0 Å². The van der Waals surface area contributed by atoms with Crippen molar-refractivity contribution in [3.63, 3.8) is 0 Å². The fourth-order valence-corrected chi connectivity index (χ4v) is 2.64. The normalized spacial score (nSPS) is 11.8. The maximum absolute atomic E-state index is 12.7. The van der Waals surface area contributed by atoms with Gasteiger partial charge in [-0.3, -0.25) is 4.79 Å². The van der Waals surface area contributed by atoms with E-state index in [4.69, 9.17) is 0 Å². The van der Waals surface area contributed by atoms with Gasteiger partial charge in [0.05, 0.1) is 6.54 Å². The molecule has 0 unspecified atom stereocenters. The molecule has 10 heteroatoms. The Bertz CT molecular complexity index is 853. The Kier molecular flexibility index (Phi) is 3.76. The van der Waals surface area contributed by atoms with Gasteiger partial charge in [0.1, 0.15) is 5.01 Å². The summed E-state index contributed by atoms with van der Waals surface area (Å²) < 4.78 is 38.7. The van der Waals surface area contributed by atoms with Gasteiger partial charge in [0.2, 0.25) is 4.96 Å². The van der Waals surface area contributed by atoms with Crippen LogP contribution in [0, 0.1) is 6.92 Å². The number of nitrogens with one attached hydrogen (secondary N) is 1. The van der Waals surface area contributed by atoms with Crippen LogP contribution in [-0.2, 0) is 12.7 Å². The average Bonchev–Trinajstić information content (AvgIpc) is 3.04. The third-order valence-corrected chi connectivity index (χ3v) is 3.90. The second-order valence-corrected chi connectivity index (χ2v) is 5.80. The molecule has 3 rings (SSSR count). The van der Waals surface area contributed by atoms with E-state index >= 15 is 0 Å². The van der Waals surface area contributed by atoms with Gasteiger partial charge >= 0.3 is 6.18 Å². The molecule has 6 nitrogen and oxygen atoms in total. The summed E-state index contributed by atoms with van der Waals surface area (Å²) in [6, 6.07) is 6.94. The molecule has 23 heavy (non-hydrogen) atoms. The SMILES string of the molecule is Cc1ccc(C(=O)NCc2nn3c(C(F)(F)F)nnc3s2)cc1. The molecule has 0 saturated heterocycles. The summed E-state index contributed by atoms with van der Waals surface area (Å²) >= 11 is 0.937. The first-order chi connectivity index (χ1) is 10.8. The molecule has 0 aliphatic heterocycles. The largest absolute Gasteiger partial charge is 0.453 e. The first-order valence-electron chi connectivity index (χ1n) is 6.48. The lowest BCUT2D eigenvalue weighted by Gasteiger charge is -2.03. The summed E-state index contributed by atoms with van der Waals surface area (Å²) in [5, 5.41) is 13.2. The van der Waals surface area contributed by atoms with Gasteiger partial charge in [-0.2, -0.15) is 22.8 Å². The Labute approximate surface area is 132 Å². The van der Waals surface area contributed by atoms with E-state index in [-0.39, 0.29) is 17.4 Å². The molecule has 0 spiro atoms. The van der Waals surface area contributed by atoms with E-state index in [1.165, 1.54) is 0 Å². The molecule has 0 radical (unpaired) electrons. The number of aromatic nitrogens is 4. The molecule has 0 bridgehead atoms. The molecule has 1 N–H and O–H groups in total. The maximum atomic E-state index is 12.7. The Morgan fingerprint density at radius 1 is 1.26 bits per heavy atom. The summed E-state index contributed by atoms with van der Waals surface area (Å²) in [5.41, 5.74) is 1.49. The molecule has 3 aromatic rings. The number of carbonyl (C=O) groups excluding carboxylic acids is 1. The van der Waals surface area contributed by atoms with E-state index in [1.54, 1.807) is 24.3 Å². The van der Waals surface area contributed by atoms with Gasteiger partial charge in [-0.25, -0.2) is 0 Å². The molecule has 120 valence electrons. The quantitative estimate of drug-likeness (QED) is 0.794. The van der Waals surface area contributed by atoms with Gasteiger partial charge < -0.3 is 5.32 Å². The van der Waals surface area contributed by atoms with E-state index in [0.29, 0.717) is 15.1 Å². The summed E-state index contributed by atoms with van der Waals surface area (Å²) in [6.45, 7) is 1.91. The van der Waals surface area contributed by atoms with E-state index in [2.05, 4.69) is 20.6 Å². The van der Waals surface area contributed by atoms with Crippen molar-refractivity contribution in [1.29, 1.82) is 0 Å². The van der Waals surface area contributed by atoms with Crippen LogP contribution < -0.4 is 5.32 Å². The van der Waals surface area contributed by atoms with Crippen LogP contribution in [0.15, 0.2) is 24.3 Å². The number of alkyl halides is 3. The van der Waals surface area contributed by atoms with Crippen molar-refractivity contribution in [2.24, 2.45) is 0 Å². The van der Waals surface area contributed by atoms with Crippen molar-refractivity contribution in [3.8, 4) is 0 Å². The number of halogens is 3. The Morgan fingerprint density at radius 3 is 2.61 bits per heavy atom. The molecular formula is C13H10F3N5OS. The van der Waals surface area contributed by atoms with Gasteiger partial charge in [-0.05, 0) is 19.1 Å². The van der Waals surface area contributed by atoms with E-state index in [9.17, 15) is 18.0 Å². The number of amides is 1. The molecule has 0 aliphatic rings. The minimum Gasteiger partial charge on any atom is -0.345 e. The van der Waals surface area contributed by atoms with E-state index in [0.717, 1.165) is 16.9 Å². The molecule has 0 saturated carbocycles. The Balaban J connectivity index is 1.73. The van der Waals surface area contributed by atoms with Crippen LogP contribution in [0.2, 0.25) is 0 Å². The molecule has 1 aromatic carbocycles. The van der Waals surface area contributed by atoms with Crippen molar-refractivity contribution >= 4 is 22.2 Å². The lowest BCUT2D eigenvalue weighted by atomic mass is 10.1. The molecule has 0 fully saturated rings. The Morgan fingerprint density at radius 2 is 1.96 bits per heavy atom. The van der Waals surface area contributed by atoms with E-state index in [1.807, 2.05) is 6.92 Å². The summed E-state index contributed by atoms with van der Waals surface area (Å²) in [7, 11) is 0. The molecule has 1 amide bonds. The predicted octanol–water partition coefficient (Wildman–Crippen LogP) is 2.44. The third-order valence-electron chi connectivity index (χ3n) is 3.00. The molecule has 0 atom stereocenters. The van der Waals surface area contributed by atoms with Crippen molar-refractivity contribution in [2.45, 2.75) is 19.6 Å². The van der Waals surface area contributed by atoms with Crippen LogP contribution in [-0.4, -0.2) is 25.7 Å². The van der Waals surface area contributed by atoms with Gasteiger partial charge in [0, 0.05) is 5.56 Å².